The zero-order valence-corrected chi connectivity index (χ0v) is 15.5. The van der Waals surface area contributed by atoms with Crippen LogP contribution in [0.15, 0.2) is 30.5 Å². The Morgan fingerprint density at radius 1 is 1.15 bits per heavy atom. The second kappa shape index (κ2) is 7.29. The smallest absolute Gasteiger partial charge is 0.246 e. The van der Waals surface area contributed by atoms with E-state index in [1.54, 1.807) is 28.4 Å². The van der Waals surface area contributed by atoms with E-state index in [1.807, 2.05) is 13.8 Å². The number of benzene rings is 1. The maximum Gasteiger partial charge on any atom is 0.246 e. The summed E-state index contributed by atoms with van der Waals surface area (Å²) >= 11 is 5.96. The maximum absolute atomic E-state index is 13.0. The molecule has 136 valence electrons. The Kier molecular flexibility index (Phi) is 5.08. The second-order valence-electron chi connectivity index (χ2n) is 6.11. The molecule has 2 aromatic heterocycles. The molecular weight excluding hydrogens is 357 g/mol. The molecule has 1 aromatic carbocycles. The summed E-state index contributed by atoms with van der Waals surface area (Å²) in [4.78, 5) is 12.4. The lowest BCUT2D eigenvalue weighted by atomic mass is 10.2. The van der Waals surface area contributed by atoms with Crippen LogP contribution in [0.5, 0.6) is 0 Å². The van der Waals surface area contributed by atoms with E-state index in [1.165, 1.54) is 18.3 Å². The summed E-state index contributed by atoms with van der Waals surface area (Å²) < 4.78 is 16.4. The number of nitrogens with zero attached hydrogens (tertiary/aromatic N) is 4. The Hall–Kier alpha value is -2.67. The largest absolute Gasteiger partial charge is 0.321 e. The number of carbonyl (C=O) groups is 1. The molecule has 0 bridgehead atoms. The van der Waals surface area contributed by atoms with E-state index < -0.39 is 0 Å². The van der Waals surface area contributed by atoms with Crippen LogP contribution in [-0.4, -0.2) is 25.5 Å². The minimum Gasteiger partial charge on any atom is -0.321 e. The van der Waals surface area contributed by atoms with Crippen LogP contribution >= 0.6 is 11.6 Å². The molecule has 6 nitrogen and oxygen atoms in total. The van der Waals surface area contributed by atoms with Crippen molar-refractivity contribution in [1.82, 2.24) is 19.6 Å². The molecule has 0 unspecified atom stereocenters. The molecule has 0 aliphatic carbocycles. The van der Waals surface area contributed by atoms with Crippen molar-refractivity contribution in [3.8, 4) is 0 Å². The van der Waals surface area contributed by atoms with E-state index >= 15 is 0 Å². The molecule has 8 heteroatoms. The summed E-state index contributed by atoms with van der Waals surface area (Å²) in [7, 11) is 0. The van der Waals surface area contributed by atoms with Gasteiger partial charge in [-0.15, -0.1) is 0 Å². The lowest BCUT2D eigenvalue weighted by Gasteiger charge is -2.08. The Labute approximate surface area is 155 Å². The van der Waals surface area contributed by atoms with Gasteiger partial charge < -0.3 is 5.32 Å². The molecule has 1 amide bonds. The average Bonchev–Trinajstić information content (AvgIpc) is 3.05. The average molecular weight is 376 g/mol. The number of amides is 1. The fraction of sp³-hybridized carbons (Fsp3) is 0.278. The molecule has 0 atom stereocenters. The number of halogens is 2. The minimum atomic E-state index is -0.274. The highest BCUT2D eigenvalue weighted by molar-refractivity contribution is 6.31. The fourth-order valence-corrected chi connectivity index (χ4v) is 2.83. The van der Waals surface area contributed by atoms with E-state index in [-0.39, 0.29) is 18.3 Å². The quantitative estimate of drug-likeness (QED) is 0.742. The third-order valence-corrected chi connectivity index (χ3v) is 4.60. The number of aryl methyl sites for hydroxylation is 1. The number of aromatic nitrogens is 4. The van der Waals surface area contributed by atoms with Gasteiger partial charge in [-0.2, -0.15) is 10.2 Å². The first-order valence-corrected chi connectivity index (χ1v) is 8.49. The first kappa shape index (κ1) is 18.1. The Bertz CT molecular complexity index is 945. The first-order chi connectivity index (χ1) is 12.3. The SMILES string of the molecule is Cc1nn(Cc2ccc(F)cc2)c(C)c1NC(=O)Cn1ncc(Cl)c1C. The van der Waals surface area contributed by atoms with Gasteiger partial charge in [0.25, 0.3) is 0 Å². The van der Waals surface area contributed by atoms with Gasteiger partial charge >= 0.3 is 0 Å². The summed E-state index contributed by atoms with van der Waals surface area (Å²) in [6.45, 7) is 6.09. The number of hydrogen-bond acceptors (Lipinski definition) is 3. The van der Waals surface area contributed by atoms with E-state index in [2.05, 4.69) is 15.5 Å². The van der Waals surface area contributed by atoms with Crippen molar-refractivity contribution in [2.24, 2.45) is 0 Å². The summed E-state index contributed by atoms with van der Waals surface area (Å²) in [6.07, 6.45) is 1.52. The van der Waals surface area contributed by atoms with Crippen molar-refractivity contribution in [2.45, 2.75) is 33.9 Å². The first-order valence-electron chi connectivity index (χ1n) is 8.11. The highest BCUT2D eigenvalue weighted by Crippen LogP contribution is 2.21. The maximum atomic E-state index is 13.0. The molecular formula is C18H19ClFN5O. The van der Waals surface area contributed by atoms with Gasteiger partial charge in [0.2, 0.25) is 5.91 Å². The molecule has 0 spiro atoms. The highest BCUT2D eigenvalue weighted by atomic mass is 35.5. The van der Waals surface area contributed by atoms with Gasteiger partial charge in [-0.1, -0.05) is 23.7 Å². The molecule has 2 heterocycles. The third-order valence-electron chi connectivity index (χ3n) is 4.23. The summed E-state index contributed by atoms with van der Waals surface area (Å²) in [6, 6.07) is 6.27. The van der Waals surface area contributed by atoms with Gasteiger partial charge in [-0.25, -0.2) is 4.39 Å². The van der Waals surface area contributed by atoms with Crippen LogP contribution < -0.4 is 5.32 Å². The van der Waals surface area contributed by atoms with E-state index in [4.69, 9.17) is 11.6 Å². The molecule has 3 aromatic rings. The van der Waals surface area contributed by atoms with E-state index in [0.29, 0.717) is 22.9 Å². The standard InChI is InChI=1S/C18H19ClFN5O/c1-11-18(22-17(26)10-24-12(2)16(19)8-21-24)13(3)25(23-11)9-14-4-6-15(20)7-5-14/h4-8H,9-10H2,1-3H3,(H,22,26). The molecule has 0 saturated carbocycles. The van der Waals surface area contributed by atoms with E-state index in [0.717, 1.165) is 17.0 Å². The van der Waals surface area contributed by atoms with Crippen LogP contribution in [0.4, 0.5) is 10.1 Å². The number of carbonyl (C=O) groups excluding carboxylic acids is 1. The molecule has 26 heavy (non-hydrogen) atoms. The lowest BCUT2D eigenvalue weighted by molar-refractivity contribution is -0.116. The third kappa shape index (κ3) is 3.77. The van der Waals surface area contributed by atoms with Gasteiger partial charge in [0.05, 0.1) is 40.5 Å². The molecule has 0 radical (unpaired) electrons. The molecule has 0 aliphatic rings. The lowest BCUT2D eigenvalue weighted by Crippen LogP contribution is -2.21. The second-order valence-corrected chi connectivity index (χ2v) is 6.52. The normalized spacial score (nSPS) is 11.0. The topological polar surface area (TPSA) is 64.7 Å². The summed E-state index contributed by atoms with van der Waals surface area (Å²) in [5.74, 6) is -0.482. The van der Waals surface area contributed by atoms with Crippen molar-refractivity contribution in [3.05, 3.63) is 63.9 Å². The van der Waals surface area contributed by atoms with Gasteiger partial charge in [0, 0.05) is 0 Å². The van der Waals surface area contributed by atoms with Gasteiger partial charge in [0.1, 0.15) is 12.4 Å². The van der Waals surface area contributed by atoms with Crippen LogP contribution in [-0.2, 0) is 17.9 Å². The molecule has 1 N–H and O–H groups in total. The molecule has 3 rings (SSSR count). The van der Waals surface area contributed by atoms with E-state index in [9.17, 15) is 9.18 Å². The van der Waals surface area contributed by atoms with Crippen molar-refractivity contribution in [3.63, 3.8) is 0 Å². The molecule has 0 saturated heterocycles. The van der Waals surface area contributed by atoms with Gasteiger partial charge in [-0.05, 0) is 38.5 Å². The van der Waals surface area contributed by atoms with Crippen LogP contribution in [0.3, 0.4) is 0 Å². The Morgan fingerprint density at radius 3 is 2.46 bits per heavy atom. The van der Waals surface area contributed by atoms with Crippen molar-refractivity contribution < 1.29 is 9.18 Å². The molecule has 0 fully saturated rings. The van der Waals surface area contributed by atoms with Crippen LogP contribution in [0.1, 0.15) is 22.6 Å². The monoisotopic (exact) mass is 375 g/mol. The number of anilines is 1. The van der Waals surface area contributed by atoms with Crippen molar-refractivity contribution >= 4 is 23.2 Å². The predicted octanol–water partition coefficient (Wildman–Crippen LogP) is 3.48. The van der Waals surface area contributed by atoms with Crippen LogP contribution in [0, 0.1) is 26.6 Å². The number of hydrogen-bond donors (Lipinski definition) is 1. The molecule has 0 aliphatic heterocycles. The number of nitrogens with one attached hydrogen (secondary N) is 1. The van der Waals surface area contributed by atoms with Crippen molar-refractivity contribution in [2.75, 3.05) is 5.32 Å². The zero-order chi connectivity index (χ0) is 18.8. The Morgan fingerprint density at radius 2 is 1.85 bits per heavy atom. The van der Waals surface area contributed by atoms with Gasteiger partial charge in [-0.3, -0.25) is 14.2 Å². The van der Waals surface area contributed by atoms with Crippen LogP contribution in [0.2, 0.25) is 5.02 Å². The fourth-order valence-electron chi connectivity index (χ4n) is 2.69. The van der Waals surface area contributed by atoms with Crippen LogP contribution in [0.25, 0.3) is 0 Å². The summed E-state index contributed by atoms with van der Waals surface area (Å²) in [5, 5.41) is 12.0. The minimum absolute atomic E-state index is 0.0700. The predicted molar refractivity (Wildman–Crippen MR) is 97.8 cm³/mol. The highest BCUT2D eigenvalue weighted by Gasteiger charge is 2.16. The van der Waals surface area contributed by atoms with Gasteiger partial charge in [0.15, 0.2) is 0 Å². The summed E-state index contributed by atoms with van der Waals surface area (Å²) in [5.41, 5.74) is 3.88. The number of rotatable bonds is 5. The Balaban J connectivity index is 1.74. The zero-order valence-electron chi connectivity index (χ0n) is 14.8. The van der Waals surface area contributed by atoms with Crippen molar-refractivity contribution in [1.29, 1.82) is 0 Å².